The van der Waals surface area contributed by atoms with Crippen LogP contribution in [0.4, 0.5) is 11.6 Å². The number of aromatic nitrogens is 2. The molecule has 0 unspecified atom stereocenters. The van der Waals surface area contributed by atoms with Gasteiger partial charge >= 0.3 is 0 Å². The van der Waals surface area contributed by atoms with E-state index in [1.54, 1.807) is 6.07 Å². The Hall–Kier alpha value is -2.15. The number of aromatic amines is 1. The Morgan fingerprint density at radius 2 is 2.40 bits per heavy atom. The number of nitrogens with one attached hydrogen (secondary N) is 2. The summed E-state index contributed by atoms with van der Waals surface area (Å²) in [6.45, 7) is 3.04. The van der Waals surface area contributed by atoms with Crippen molar-refractivity contribution < 1.29 is 4.92 Å². The molecule has 2 aromatic rings. The Bertz CT molecular complexity index is 633. The van der Waals surface area contributed by atoms with Crippen molar-refractivity contribution in [1.82, 2.24) is 15.3 Å². The summed E-state index contributed by atoms with van der Waals surface area (Å²) in [7, 11) is 1.99. The lowest BCUT2D eigenvalue weighted by molar-refractivity contribution is -0.384. The van der Waals surface area contributed by atoms with Gasteiger partial charge in [-0.05, 0) is 31.5 Å². The number of hydrogen-bond donors (Lipinski definition) is 2. The fourth-order valence-corrected chi connectivity index (χ4v) is 2.62. The Kier molecular flexibility index (Phi) is 3.27. The van der Waals surface area contributed by atoms with E-state index >= 15 is 0 Å². The van der Waals surface area contributed by atoms with Gasteiger partial charge in [-0.2, -0.15) is 0 Å². The first kappa shape index (κ1) is 12.9. The van der Waals surface area contributed by atoms with Crippen molar-refractivity contribution in [3.8, 4) is 0 Å². The van der Waals surface area contributed by atoms with Gasteiger partial charge in [-0.3, -0.25) is 10.1 Å². The maximum Gasteiger partial charge on any atom is 0.271 e. The van der Waals surface area contributed by atoms with Crippen molar-refractivity contribution >= 4 is 22.7 Å². The van der Waals surface area contributed by atoms with E-state index in [-0.39, 0.29) is 5.69 Å². The maximum atomic E-state index is 10.8. The predicted octanol–water partition coefficient (Wildman–Crippen LogP) is 1.52. The van der Waals surface area contributed by atoms with E-state index in [2.05, 4.69) is 20.2 Å². The summed E-state index contributed by atoms with van der Waals surface area (Å²) in [5.74, 6) is 1.38. The van der Waals surface area contributed by atoms with Crippen LogP contribution < -0.4 is 10.2 Å². The van der Waals surface area contributed by atoms with E-state index in [9.17, 15) is 10.1 Å². The lowest BCUT2D eigenvalue weighted by atomic mass is 10.1. The quantitative estimate of drug-likeness (QED) is 0.652. The van der Waals surface area contributed by atoms with Crippen molar-refractivity contribution in [2.45, 2.75) is 6.42 Å². The molecule has 0 amide bonds. The third-order valence-corrected chi connectivity index (χ3v) is 3.72. The van der Waals surface area contributed by atoms with Crippen molar-refractivity contribution in [2.24, 2.45) is 5.92 Å². The standard InChI is InChI=1S/C13H17N5O2/c1-17(8-9-4-5-14-7-9)13-15-11-3-2-10(18(19)20)6-12(11)16-13/h2-3,6,9,14H,4-5,7-8H2,1H3,(H,15,16)/t9-/m1/s1. The monoisotopic (exact) mass is 275 g/mol. The van der Waals surface area contributed by atoms with Crippen LogP contribution in [-0.2, 0) is 0 Å². The fraction of sp³-hybridized carbons (Fsp3) is 0.462. The zero-order valence-corrected chi connectivity index (χ0v) is 11.3. The van der Waals surface area contributed by atoms with Crippen LogP contribution in [0.2, 0.25) is 0 Å². The number of benzene rings is 1. The molecule has 3 rings (SSSR count). The molecule has 7 nitrogen and oxygen atoms in total. The molecule has 7 heteroatoms. The third-order valence-electron chi connectivity index (χ3n) is 3.72. The van der Waals surface area contributed by atoms with Crippen LogP contribution in [0.5, 0.6) is 0 Å². The molecule has 1 fully saturated rings. The van der Waals surface area contributed by atoms with E-state index in [1.165, 1.54) is 18.6 Å². The first-order valence-corrected chi connectivity index (χ1v) is 6.69. The summed E-state index contributed by atoms with van der Waals surface area (Å²) in [6, 6.07) is 4.68. The molecule has 2 heterocycles. The second-order valence-electron chi connectivity index (χ2n) is 5.26. The van der Waals surface area contributed by atoms with Gasteiger partial charge in [0.1, 0.15) is 0 Å². The summed E-state index contributed by atoms with van der Waals surface area (Å²) in [5.41, 5.74) is 1.53. The summed E-state index contributed by atoms with van der Waals surface area (Å²) in [5, 5.41) is 14.1. The molecule has 0 aliphatic carbocycles. The lowest BCUT2D eigenvalue weighted by Crippen LogP contribution is -2.27. The van der Waals surface area contributed by atoms with Crippen molar-refractivity contribution in [2.75, 3.05) is 31.6 Å². The topological polar surface area (TPSA) is 87.1 Å². The Morgan fingerprint density at radius 3 is 3.10 bits per heavy atom. The Labute approximate surface area is 116 Å². The number of fused-ring (bicyclic) bond motifs is 1. The highest BCUT2D eigenvalue weighted by Crippen LogP contribution is 2.22. The second-order valence-corrected chi connectivity index (χ2v) is 5.26. The Balaban J connectivity index is 1.82. The molecule has 0 bridgehead atoms. The summed E-state index contributed by atoms with van der Waals surface area (Å²) >= 11 is 0. The van der Waals surface area contributed by atoms with Crippen LogP contribution >= 0.6 is 0 Å². The molecule has 0 saturated carbocycles. The average Bonchev–Trinajstić information content (AvgIpc) is 3.05. The number of imidazole rings is 1. The highest BCUT2D eigenvalue weighted by atomic mass is 16.6. The van der Waals surface area contributed by atoms with Gasteiger partial charge in [-0.25, -0.2) is 4.98 Å². The van der Waals surface area contributed by atoms with Gasteiger partial charge in [0.15, 0.2) is 0 Å². The van der Waals surface area contributed by atoms with Crippen molar-refractivity contribution in [3.05, 3.63) is 28.3 Å². The van der Waals surface area contributed by atoms with E-state index in [4.69, 9.17) is 0 Å². The predicted molar refractivity (Wildman–Crippen MR) is 77.0 cm³/mol. The minimum absolute atomic E-state index is 0.0790. The van der Waals surface area contributed by atoms with Gasteiger partial charge < -0.3 is 15.2 Å². The van der Waals surface area contributed by atoms with Crippen LogP contribution in [0.25, 0.3) is 11.0 Å². The number of rotatable bonds is 4. The molecule has 1 aromatic carbocycles. The SMILES string of the molecule is CN(C[C@@H]1CCNC1)c1nc2ccc([N+](=O)[O-])cc2[nH]1. The summed E-state index contributed by atoms with van der Waals surface area (Å²) in [4.78, 5) is 20.1. The van der Waals surface area contributed by atoms with E-state index < -0.39 is 4.92 Å². The van der Waals surface area contributed by atoms with Gasteiger partial charge in [0.05, 0.1) is 16.0 Å². The average molecular weight is 275 g/mol. The van der Waals surface area contributed by atoms with Crippen LogP contribution in [0.1, 0.15) is 6.42 Å². The molecule has 0 radical (unpaired) electrons. The van der Waals surface area contributed by atoms with Gasteiger partial charge in [-0.1, -0.05) is 0 Å². The highest BCUT2D eigenvalue weighted by molar-refractivity contribution is 5.80. The molecule has 1 aliphatic rings. The molecule has 0 spiro atoms. The van der Waals surface area contributed by atoms with E-state index in [0.29, 0.717) is 11.4 Å². The molecule has 20 heavy (non-hydrogen) atoms. The zero-order chi connectivity index (χ0) is 14.1. The minimum Gasteiger partial charge on any atom is -0.345 e. The molecule has 1 aliphatic heterocycles. The fourth-order valence-electron chi connectivity index (χ4n) is 2.62. The molecule has 106 valence electrons. The molecule has 1 saturated heterocycles. The number of nitrogens with zero attached hydrogens (tertiary/aromatic N) is 3. The third kappa shape index (κ3) is 2.44. The molecule has 1 aromatic heterocycles. The maximum absolute atomic E-state index is 10.8. The van der Waals surface area contributed by atoms with Gasteiger partial charge in [0, 0.05) is 25.7 Å². The van der Waals surface area contributed by atoms with Gasteiger partial charge in [-0.15, -0.1) is 0 Å². The normalized spacial score (nSPS) is 18.6. The number of nitro groups is 1. The molecule has 1 atom stereocenters. The minimum atomic E-state index is -0.395. The summed E-state index contributed by atoms with van der Waals surface area (Å²) in [6.07, 6.45) is 1.18. The van der Waals surface area contributed by atoms with Crippen LogP contribution in [0.15, 0.2) is 18.2 Å². The van der Waals surface area contributed by atoms with Gasteiger partial charge in [0.25, 0.3) is 5.69 Å². The highest BCUT2D eigenvalue weighted by Gasteiger charge is 2.18. The lowest BCUT2D eigenvalue weighted by Gasteiger charge is -2.19. The number of anilines is 1. The zero-order valence-electron chi connectivity index (χ0n) is 11.3. The van der Waals surface area contributed by atoms with Crippen molar-refractivity contribution in [3.63, 3.8) is 0 Å². The number of non-ortho nitro benzene ring substituents is 1. The molecular formula is C13H17N5O2. The van der Waals surface area contributed by atoms with E-state index in [0.717, 1.165) is 31.1 Å². The number of hydrogen-bond acceptors (Lipinski definition) is 5. The van der Waals surface area contributed by atoms with Crippen molar-refractivity contribution in [1.29, 1.82) is 0 Å². The summed E-state index contributed by atoms with van der Waals surface area (Å²) < 4.78 is 0. The smallest absolute Gasteiger partial charge is 0.271 e. The Morgan fingerprint density at radius 1 is 1.55 bits per heavy atom. The first-order chi connectivity index (χ1) is 9.63. The molecule has 2 N–H and O–H groups in total. The number of nitro benzene ring substituents is 1. The second kappa shape index (κ2) is 5.09. The van der Waals surface area contributed by atoms with Crippen LogP contribution in [0.3, 0.4) is 0 Å². The molecular weight excluding hydrogens is 258 g/mol. The van der Waals surface area contributed by atoms with Crippen LogP contribution in [0, 0.1) is 16.0 Å². The first-order valence-electron chi connectivity index (χ1n) is 6.69. The van der Waals surface area contributed by atoms with Gasteiger partial charge in [0.2, 0.25) is 5.95 Å². The largest absolute Gasteiger partial charge is 0.345 e. The van der Waals surface area contributed by atoms with E-state index in [1.807, 2.05) is 7.05 Å². The van der Waals surface area contributed by atoms with Crippen LogP contribution in [-0.4, -0.2) is 41.6 Å². The number of H-pyrrole nitrogens is 1.